The van der Waals surface area contributed by atoms with Gasteiger partial charge >= 0.3 is 5.97 Å². The monoisotopic (exact) mass is 507 g/mol. The van der Waals surface area contributed by atoms with Crippen LogP contribution in [0.5, 0.6) is 5.75 Å². The maximum absolute atomic E-state index is 14.2. The Balaban J connectivity index is 1.94. The van der Waals surface area contributed by atoms with Crippen molar-refractivity contribution >= 4 is 40.6 Å². The Kier molecular flexibility index (Phi) is 5.59. The van der Waals surface area contributed by atoms with E-state index in [1.54, 1.807) is 48.3 Å². The van der Waals surface area contributed by atoms with Crippen LogP contribution < -0.4 is 20.3 Å². The molecule has 0 fully saturated rings. The van der Waals surface area contributed by atoms with Gasteiger partial charge in [-0.25, -0.2) is 4.79 Å². The second kappa shape index (κ2) is 8.41. The Labute approximate surface area is 213 Å². The molecule has 1 unspecified atom stereocenters. The first-order valence-corrected chi connectivity index (χ1v) is 11.9. The first-order valence-electron chi connectivity index (χ1n) is 11.6. The number of anilines is 2. The third-order valence-corrected chi connectivity index (χ3v) is 7.69. The van der Waals surface area contributed by atoms with Crippen molar-refractivity contribution in [2.45, 2.75) is 31.6 Å². The number of rotatable bonds is 3. The van der Waals surface area contributed by atoms with Crippen molar-refractivity contribution in [3.63, 3.8) is 0 Å². The number of methoxy groups -OCH3 is 2. The molecule has 0 saturated carbocycles. The molecule has 1 atom stereocenters. The number of carbonyl (C=O) groups is 3. The number of aryl methyl sites for hydroxylation is 1. The number of allylic oxidation sites excluding steroid dienone is 1. The van der Waals surface area contributed by atoms with Gasteiger partial charge in [0.1, 0.15) is 22.6 Å². The zero-order valence-corrected chi connectivity index (χ0v) is 21.2. The summed E-state index contributed by atoms with van der Waals surface area (Å²) in [4.78, 5) is 44.5. The average Bonchev–Trinajstić information content (AvgIpc) is 3.08. The Morgan fingerprint density at radius 3 is 2.53 bits per heavy atom. The number of halogens is 1. The van der Waals surface area contributed by atoms with E-state index >= 15 is 0 Å². The molecule has 9 heteroatoms. The van der Waals surface area contributed by atoms with Crippen LogP contribution in [-0.2, 0) is 24.5 Å². The third-order valence-electron chi connectivity index (χ3n) is 7.29. The summed E-state index contributed by atoms with van der Waals surface area (Å²) >= 11 is 6.36. The van der Waals surface area contributed by atoms with E-state index in [9.17, 15) is 14.4 Å². The molecule has 0 aromatic heterocycles. The van der Waals surface area contributed by atoms with Crippen LogP contribution in [-0.4, -0.2) is 38.9 Å². The fraction of sp³-hybridized carbons (Fsp3) is 0.296. The number of benzene rings is 2. The highest BCUT2D eigenvalue weighted by Gasteiger charge is 2.63. The molecule has 0 saturated heterocycles. The predicted molar refractivity (Wildman–Crippen MR) is 136 cm³/mol. The molecule has 0 bridgehead atoms. The highest BCUT2D eigenvalue weighted by atomic mass is 35.5. The van der Waals surface area contributed by atoms with E-state index in [2.05, 4.69) is 0 Å². The highest BCUT2D eigenvalue weighted by molar-refractivity contribution is 6.31. The minimum atomic E-state index is -1.71. The van der Waals surface area contributed by atoms with Crippen LogP contribution >= 0.6 is 11.6 Å². The summed E-state index contributed by atoms with van der Waals surface area (Å²) < 4.78 is 10.8. The van der Waals surface area contributed by atoms with Gasteiger partial charge in [0.05, 0.1) is 19.9 Å². The van der Waals surface area contributed by atoms with Gasteiger partial charge in [-0.3, -0.25) is 14.5 Å². The Morgan fingerprint density at radius 1 is 1.11 bits per heavy atom. The molecule has 2 aromatic rings. The number of nitrogens with two attached hydrogens (primary N) is 1. The van der Waals surface area contributed by atoms with Crippen molar-refractivity contribution in [2.24, 2.45) is 5.73 Å². The highest BCUT2D eigenvalue weighted by Crippen LogP contribution is 2.57. The molecule has 5 rings (SSSR count). The van der Waals surface area contributed by atoms with E-state index < -0.39 is 17.3 Å². The van der Waals surface area contributed by atoms with E-state index in [0.717, 1.165) is 5.56 Å². The molecule has 0 radical (unpaired) electrons. The normalized spacial score (nSPS) is 21.2. The van der Waals surface area contributed by atoms with Gasteiger partial charge in [-0.1, -0.05) is 29.8 Å². The van der Waals surface area contributed by atoms with Gasteiger partial charge in [0.2, 0.25) is 5.91 Å². The predicted octanol–water partition coefficient (Wildman–Crippen LogP) is 3.74. The number of hydrogen-bond donors (Lipinski definition) is 1. The van der Waals surface area contributed by atoms with Crippen molar-refractivity contribution in [1.82, 2.24) is 0 Å². The molecular weight excluding hydrogens is 482 g/mol. The summed E-state index contributed by atoms with van der Waals surface area (Å²) in [6.45, 7) is 1.84. The van der Waals surface area contributed by atoms with Crippen LogP contribution in [0.2, 0.25) is 5.02 Å². The molecule has 3 aliphatic rings. The van der Waals surface area contributed by atoms with Gasteiger partial charge in [-0.15, -0.1) is 0 Å². The second-order valence-corrected chi connectivity index (χ2v) is 9.50. The summed E-state index contributed by atoms with van der Waals surface area (Å²) in [5.41, 5.74) is 8.24. The smallest absolute Gasteiger partial charge is 0.339 e. The van der Waals surface area contributed by atoms with Crippen molar-refractivity contribution in [1.29, 1.82) is 0 Å². The van der Waals surface area contributed by atoms with Crippen molar-refractivity contribution in [3.8, 4) is 5.75 Å². The number of esters is 1. The lowest BCUT2D eigenvalue weighted by Crippen LogP contribution is -2.54. The van der Waals surface area contributed by atoms with E-state index in [4.69, 9.17) is 26.8 Å². The molecule has 2 aromatic carbocycles. The summed E-state index contributed by atoms with van der Waals surface area (Å²) in [6.07, 6.45) is 1.30. The zero-order valence-electron chi connectivity index (χ0n) is 20.5. The van der Waals surface area contributed by atoms with Gasteiger partial charge in [0, 0.05) is 47.1 Å². The number of amides is 1. The number of hydrogen-bond acceptors (Lipinski definition) is 7. The molecule has 1 aliphatic carbocycles. The van der Waals surface area contributed by atoms with Crippen LogP contribution in [0.4, 0.5) is 11.4 Å². The topological polar surface area (TPSA) is 102 Å². The number of fused-ring (bicyclic) bond motifs is 3. The molecule has 2 heterocycles. The second-order valence-electron chi connectivity index (χ2n) is 9.09. The van der Waals surface area contributed by atoms with E-state index in [0.29, 0.717) is 46.2 Å². The van der Waals surface area contributed by atoms with Crippen LogP contribution in [0.3, 0.4) is 0 Å². The summed E-state index contributed by atoms with van der Waals surface area (Å²) in [6, 6.07) is 10.6. The molecule has 36 heavy (non-hydrogen) atoms. The fourth-order valence-corrected chi connectivity index (χ4v) is 5.87. The van der Waals surface area contributed by atoms with Gasteiger partial charge in [-0.05, 0) is 37.5 Å². The van der Waals surface area contributed by atoms with Crippen LogP contribution in [0, 0.1) is 6.92 Å². The number of para-hydroxylation sites is 1. The number of ether oxygens (including phenoxy) is 2. The standard InChI is InChI=1S/C27H26ClN3O5/c1-14-12-19(21(35-3)13-16(14)28)31-18-10-7-11-20(32)22(18)27(23(24(31)29)25(33)36-4)15-8-5-6-9-17(15)30(2)26(27)34/h5-6,8-9,12-13H,7,10-11,29H2,1-4H3. The van der Waals surface area contributed by atoms with Gasteiger partial charge in [0.25, 0.3) is 0 Å². The molecule has 8 nitrogen and oxygen atoms in total. The summed E-state index contributed by atoms with van der Waals surface area (Å²) in [7, 11) is 4.37. The molecule has 2 aliphatic heterocycles. The van der Waals surface area contributed by atoms with Crippen LogP contribution in [0.25, 0.3) is 0 Å². The quantitative estimate of drug-likeness (QED) is 0.631. The molecule has 1 spiro atoms. The Hall–Kier alpha value is -3.78. The van der Waals surface area contributed by atoms with Gasteiger partial charge in [-0.2, -0.15) is 0 Å². The summed E-state index contributed by atoms with van der Waals surface area (Å²) in [5, 5.41) is 0.496. The minimum Gasteiger partial charge on any atom is -0.495 e. The lowest BCUT2D eigenvalue weighted by Gasteiger charge is -2.44. The SMILES string of the molecule is COC(=O)C1=C(N)N(c2cc(C)c(Cl)cc2OC)C2=C(C(=O)CCC2)C12C(=O)N(C)c1ccccc12. The number of Topliss-reactive ketones (excluding diaryl/α,β-unsaturated/α-hetero) is 1. The molecule has 1 amide bonds. The van der Waals surface area contributed by atoms with E-state index in [1.165, 1.54) is 19.1 Å². The summed E-state index contributed by atoms with van der Waals surface area (Å²) in [5.74, 6) is -1.000. The average molecular weight is 508 g/mol. The lowest BCUT2D eigenvalue weighted by molar-refractivity contribution is -0.138. The van der Waals surface area contributed by atoms with E-state index in [-0.39, 0.29) is 29.2 Å². The van der Waals surface area contributed by atoms with Gasteiger partial charge < -0.3 is 20.1 Å². The third kappa shape index (κ3) is 2.97. The van der Waals surface area contributed by atoms with Crippen molar-refractivity contribution < 1.29 is 23.9 Å². The molecular formula is C27H26ClN3O5. The molecule has 186 valence electrons. The Morgan fingerprint density at radius 2 is 1.83 bits per heavy atom. The fourth-order valence-electron chi connectivity index (χ4n) is 5.71. The number of nitrogens with zero attached hydrogens (tertiary/aromatic N) is 2. The maximum atomic E-state index is 14.2. The van der Waals surface area contributed by atoms with Gasteiger partial charge in [0.15, 0.2) is 5.78 Å². The maximum Gasteiger partial charge on any atom is 0.339 e. The first-order chi connectivity index (χ1) is 17.2. The van der Waals surface area contributed by atoms with Crippen molar-refractivity contribution in [3.05, 3.63) is 75.2 Å². The minimum absolute atomic E-state index is 0.00813. The van der Waals surface area contributed by atoms with Crippen molar-refractivity contribution in [2.75, 3.05) is 31.1 Å². The Bertz CT molecular complexity index is 1410. The lowest BCUT2D eigenvalue weighted by atomic mass is 9.63. The molecule has 2 N–H and O–H groups in total. The number of likely N-dealkylation sites (N-methyl/N-ethyl adjacent to an activating group) is 1. The van der Waals surface area contributed by atoms with Crippen LogP contribution in [0.15, 0.2) is 59.1 Å². The zero-order chi connectivity index (χ0) is 25.9. The van der Waals surface area contributed by atoms with E-state index in [1.807, 2.05) is 6.92 Å². The number of carbonyl (C=O) groups excluding carboxylic acids is 3. The number of ketones is 1. The first kappa shape index (κ1) is 23.9. The van der Waals surface area contributed by atoms with Crippen LogP contribution in [0.1, 0.15) is 30.4 Å². The largest absolute Gasteiger partial charge is 0.495 e.